The molecule has 1 atom stereocenters. The molecule has 0 N–H and O–H groups in total. The maximum Gasteiger partial charge on any atom is 0.287 e. The van der Waals surface area contributed by atoms with Crippen molar-refractivity contribution in [3.05, 3.63) is 28.4 Å². The molecule has 1 aliphatic heterocycles. The summed E-state index contributed by atoms with van der Waals surface area (Å²) in [4.78, 5) is 27.0. The maximum atomic E-state index is 11.7. The van der Waals surface area contributed by atoms with Gasteiger partial charge in [0.1, 0.15) is 12.0 Å². The molecule has 6 nitrogen and oxygen atoms in total. The van der Waals surface area contributed by atoms with Crippen molar-refractivity contribution in [2.75, 3.05) is 17.3 Å². The van der Waals surface area contributed by atoms with E-state index in [-0.39, 0.29) is 17.5 Å². The molecular weight excluding hydrogens is 246 g/mol. The van der Waals surface area contributed by atoms with Gasteiger partial charge < -0.3 is 0 Å². The van der Waals surface area contributed by atoms with Crippen LogP contribution in [0.15, 0.2) is 18.3 Å². The Morgan fingerprint density at radius 2 is 2.35 bits per heavy atom. The van der Waals surface area contributed by atoms with Gasteiger partial charge in [-0.05, 0) is 12.0 Å². The van der Waals surface area contributed by atoms with Gasteiger partial charge in [0.25, 0.3) is 5.69 Å². The van der Waals surface area contributed by atoms with Crippen LogP contribution in [-0.4, -0.2) is 28.2 Å². The minimum absolute atomic E-state index is 0.0444. The van der Waals surface area contributed by atoms with Gasteiger partial charge in [0.15, 0.2) is 0 Å². The normalized spacial score (nSPS) is 19.7. The lowest BCUT2D eigenvalue weighted by Crippen LogP contribution is -2.25. The molecule has 0 radical (unpaired) electrons. The van der Waals surface area contributed by atoms with Crippen molar-refractivity contribution in [2.45, 2.75) is 6.42 Å². The molecule has 0 spiro atoms. The summed E-state index contributed by atoms with van der Waals surface area (Å²) < 4.78 is 0. The molecule has 0 saturated carbocycles. The van der Waals surface area contributed by atoms with E-state index in [1.54, 1.807) is 0 Å². The van der Waals surface area contributed by atoms with Gasteiger partial charge in [0, 0.05) is 24.9 Å². The maximum absolute atomic E-state index is 11.7. The molecule has 1 amide bonds. The van der Waals surface area contributed by atoms with Crippen LogP contribution in [0.25, 0.3) is 0 Å². The summed E-state index contributed by atoms with van der Waals surface area (Å²) in [6.07, 6.45) is 1.55. The van der Waals surface area contributed by atoms with Crippen molar-refractivity contribution in [3.8, 4) is 0 Å². The van der Waals surface area contributed by atoms with Crippen molar-refractivity contribution in [1.29, 1.82) is 0 Å². The van der Waals surface area contributed by atoms with Crippen molar-refractivity contribution >= 4 is 29.0 Å². The summed E-state index contributed by atoms with van der Waals surface area (Å²) in [5, 5.41) is 10.5. The van der Waals surface area contributed by atoms with Crippen LogP contribution >= 0.6 is 11.6 Å². The zero-order chi connectivity index (χ0) is 12.4. The van der Waals surface area contributed by atoms with E-state index in [4.69, 9.17) is 11.6 Å². The number of aromatic nitrogens is 1. The first kappa shape index (κ1) is 11.8. The van der Waals surface area contributed by atoms with Gasteiger partial charge >= 0.3 is 0 Å². The van der Waals surface area contributed by atoms with Crippen LogP contribution in [0.3, 0.4) is 0 Å². The molecule has 1 saturated heterocycles. The van der Waals surface area contributed by atoms with Crippen molar-refractivity contribution in [2.24, 2.45) is 5.92 Å². The van der Waals surface area contributed by atoms with Crippen LogP contribution in [0.5, 0.6) is 0 Å². The van der Waals surface area contributed by atoms with E-state index in [0.29, 0.717) is 24.7 Å². The van der Waals surface area contributed by atoms with Crippen molar-refractivity contribution in [1.82, 2.24) is 4.98 Å². The summed E-state index contributed by atoms with van der Waals surface area (Å²) in [5.41, 5.74) is -0.0886. The Morgan fingerprint density at radius 3 is 2.82 bits per heavy atom. The SMILES string of the molecule is O=C1CC(CCl)CN1c1ccc([N+](=O)[O-])cn1. The average Bonchev–Trinajstić information content (AvgIpc) is 2.71. The number of anilines is 1. The van der Waals surface area contributed by atoms with E-state index in [1.807, 2.05) is 0 Å². The number of nitro groups is 1. The quantitative estimate of drug-likeness (QED) is 0.467. The second-order valence-electron chi connectivity index (χ2n) is 3.86. The van der Waals surface area contributed by atoms with E-state index < -0.39 is 4.92 Å². The number of amides is 1. The molecule has 90 valence electrons. The first-order valence-corrected chi connectivity index (χ1v) is 5.62. The predicted octanol–water partition coefficient (Wildman–Crippen LogP) is 1.58. The van der Waals surface area contributed by atoms with Crippen LogP contribution in [0.1, 0.15) is 6.42 Å². The fraction of sp³-hybridized carbons (Fsp3) is 0.400. The fourth-order valence-corrected chi connectivity index (χ4v) is 1.96. The highest BCUT2D eigenvalue weighted by molar-refractivity contribution is 6.18. The smallest absolute Gasteiger partial charge is 0.287 e. The molecule has 1 aliphatic rings. The Hall–Kier alpha value is -1.69. The van der Waals surface area contributed by atoms with Crippen LogP contribution in [-0.2, 0) is 4.79 Å². The molecule has 7 heteroatoms. The number of nitrogens with zero attached hydrogens (tertiary/aromatic N) is 3. The summed E-state index contributed by atoms with van der Waals surface area (Å²) in [7, 11) is 0. The highest BCUT2D eigenvalue weighted by Crippen LogP contribution is 2.25. The van der Waals surface area contributed by atoms with Gasteiger partial charge in [-0.3, -0.25) is 19.8 Å². The van der Waals surface area contributed by atoms with Crippen LogP contribution in [0, 0.1) is 16.0 Å². The van der Waals surface area contributed by atoms with Gasteiger partial charge in [-0.1, -0.05) is 0 Å². The van der Waals surface area contributed by atoms with Crippen molar-refractivity contribution in [3.63, 3.8) is 0 Å². The lowest BCUT2D eigenvalue weighted by Gasteiger charge is -2.14. The molecule has 1 aromatic rings. The minimum Gasteiger partial charge on any atom is -0.296 e. The Balaban J connectivity index is 2.18. The minimum atomic E-state index is -0.524. The third-order valence-electron chi connectivity index (χ3n) is 2.64. The summed E-state index contributed by atoms with van der Waals surface area (Å²) >= 11 is 5.70. The van der Waals surface area contributed by atoms with Crippen LogP contribution in [0.2, 0.25) is 0 Å². The highest BCUT2D eigenvalue weighted by Gasteiger charge is 2.30. The number of pyridine rings is 1. The number of carbonyl (C=O) groups is 1. The predicted molar refractivity (Wildman–Crippen MR) is 62.1 cm³/mol. The highest BCUT2D eigenvalue weighted by atomic mass is 35.5. The third-order valence-corrected chi connectivity index (χ3v) is 3.08. The second-order valence-corrected chi connectivity index (χ2v) is 4.17. The Morgan fingerprint density at radius 1 is 1.59 bits per heavy atom. The molecule has 0 aromatic carbocycles. The molecule has 0 aliphatic carbocycles. The van der Waals surface area contributed by atoms with Gasteiger partial charge in [-0.15, -0.1) is 11.6 Å². The largest absolute Gasteiger partial charge is 0.296 e. The number of rotatable bonds is 3. The molecule has 2 rings (SSSR count). The first-order chi connectivity index (χ1) is 8.11. The molecule has 1 fully saturated rings. The molecule has 17 heavy (non-hydrogen) atoms. The number of hydrogen-bond donors (Lipinski definition) is 0. The number of halogens is 1. The number of hydrogen-bond acceptors (Lipinski definition) is 4. The molecule has 1 unspecified atom stereocenters. The molecular formula is C10H10ClN3O3. The molecule has 2 heterocycles. The zero-order valence-electron chi connectivity index (χ0n) is 8.88. The average molecular weight is 256 g/mol. The van der Waals surface area contributed by atoms with Crippen LogP contribution < -0.4 is 4.90 Å². The monoisotopic (exact) mass is 255 g/mol. The summed E-state index contributed by atoms with van der Waals surface area (Å²) in [6, 6.07) is 2.82. The lowest BCUT2D eigenvalue weighted by molar-refractivity contribution is -0.385. The van der Waals surface area contributed by atoms with Crippen molar-refractivity contribution < 1.29 is 9.72 Å². The topological polar surface area (TPSA) is 76.3 Å². The first-order valence-electron chi connectivity index (χ1n) is 5.08. The van der Waals surface area contributed by atoms with E-state index in [0.717, 1.165) is 6.20 Å². The summed E-state index contributed by atoms with van der Waals surface area (Å²) in [5.74, 6) is 0.946. The van der Waals surface area contributed by atoms with E-state index in [2.05, 4.69) is 4.98 Å². The Bertz CT molecular complexity index is 449. The molecule has 1 aromatic heterocycles. The second kappa shape index (κ2) is 4.67. The third kappa shape index (κ3) is 2.36. The molecule has 0 bridgehead atoms. The summed E-state index contributed by atoms with van der Waals surface area (Å²) in [6.45, 7) is 0.521. The van der Waals surface area contributed by atoms with Gasteiger partial charge in [0.05, 0.1) is 4.92 Å². The lowest BCUT2D eigenvalue weighted by atomic mass is 10.1. The Kier molecular flexibility index (Phi) is 3.23. The van der Waals surface area contributed by atoms with Crippen LogP contribution in [0.4, 0.5) is 11.5 Å². The fourth-order valence-electron chi connectivity index (χ4n) is 1.75. The van der Waals surface area contributed by atoms with E-state index in [1.165, 1.54) is 17.0 Å². The number of alkyl halides is 1. The Labute approximate surface area is 102 Å². The van der Waals surface area contributed by atoms with Gasteiger partial charge in [-0.25, -0.2) is 4.98 Å². The van der Waals surface area contributed by atoms with E-state index >= 15 is 0 Å². The van der Waals surface area contributed by atoms with E-state index in [9.17, 15) is 14.9 Å². The number of carbonyl (C=O) groups excluding carboxylic acids is 1. The van der Waals surface area contributed by atoms with Gasteiger partial charge in [0.2, 0.25) is 5.91 Å². The zero-order valence-corrected chi connectivity index (χ0v) is 9.63. The standard InChI is InChI=1S/C10H10ClN3O3/c11-4-7-3-10(15)13(6-7)9-2-1-8(5-12-9)14(16)17/h1-2,5,7H,3-4,6H2. The van der Waals surface area contributed by atoms with Gasteiger partial charge in [-0.2, -0.15) is 0 Å².